The minimum atomic E-state index is -4.21. The maximum Gasteiger partial charge on any atom is 0.586 e. The number of halogens is 2. The van der Waals surface area contributed by atoms with E-state index in [1.54, 1.807) is 51.2 Å². The molecule has 3 atom stereocenters. The number of nitrogens with zero attached hydrogens (tertiary/aromatic N) is 2. The second-order valence-corrected chi connectivity index (χ2v) is 12.3. The lowest BCUT2D eigenvalue weighted by Crippen LogP contribution is -2.60. The number of hydrogen-bond acceptors (Lipinski definition) is 10. The maximum atomic E-state index is 13.6. The Labute approximate surface area is 248 Å². The molecular formula is C28H35F2N5O7S. The number of benzene rings is 2. The monoisotopic (exact) mass is 623 g/mol. The Kier molecular flexibility index (Phi) is 11.4. The fourth-order valence-electron chi connectivity index (χ4n) is 4.53. The summed E-state index contributed by atoms with van der Waals surface area (Å²) in [6.07, 6.45) is -5.60. The molecule has 2 amide bonds. The van der Waals surface area contributed by atoms with Gasteiger partial charge in [-0.2, -0.15) is 5.26 Å². The number of aliphatic hydroxyl groups is 1. The van der Waals surface area contributed by atoms with Gasteiger partial charge in [0.05, 0.1) is 29.7 Å². The van der Waals surface area contributed by atoms with Crippen LogP contribution in [0.25, 0.3) is 0 Å². The van der Waals surface area contributed by atoms with Gasteiger partial charge >= 0.3 is 6.29 Å². The van der Waals surface area contributed by atoms with Gasteiger partial charge in [0, 0.05) is 25.5 Å². The summed E-state index contributed by atoms with van der Waals surface area (Å²) in [5.74, 6) is -2.47. The van der Waals surface area contributed by atoms with Gasteiger partial charge in [0.1, 0.15) is 5.37 Å². The first-order valence-electron chi connectivity index (χ1n) is 13.5. The molecule has 2 aromatic rings. The molecule has 0 fully saturated rings. The van der Waals surface area contributed by atoms with Crippen LogP contribution in [-0.2, 0) is 25.8 Å². The van der Waals surface area contributed by atoms with Crippen molar-refractivity contribution < 1.29 is 41.4 Å². The van der Waals surface area contributed by atoms with Crippen molar-refractivity contribution in [3.05, 3.63) is 54.1 Å². The number of nitriles is 1. The molecule has 0 spiro atoms. The first-order valence-corrected chi connectivity index (χ1v) is 15.1. The van der Waals surface area contributed by atoms with E-state index in [2.05, 4.69) is 25.5 Å². The predicted octanol–water partition coefficient (Wildman–Crippen LogP) is 1.71. The van der Waals surface area contributed by atoms with Gasteiger partial charge in [-0.15, -0.1) is 8.78 Å². The summed E-state index contributed by atoms with van der Waals surface area (Å²) >= 11 is 0. The number of hydrazine groups is 1. The number of rotatable bonds is 14. The highest BCUT2D eigenvalue weighted by Gasteiger charge is 2.44. The van der Waals surface area contributed by atoms with E-state index < -0.39 is 57.1 Å². The fourth-order valence-corrected chi connectivity index (χ4v) is 6.39. The number of alkyl halides is 2. The molecule has 0 saturated carbocycles. The van der Waals surface area contributed by atoms with Crippen molar-refractivity contribution in [2.45, 2.75) is 61.8 Å². The predicted molar refractivity (Wildman–Crippen MR) is 150 cm³/mol. The van der Waals surface area contributed by atoms with Crippen molar-refractivity contribution in [1.82, 2.24) is 21.1 Å². The Bertz CT molecular complexity index is 1420. The molecule has 4 N–H and O–H groups in total. The Balaban J connectivity index is 1.89. The summed E-state index contributed by atoms with van der Waals surface area (Å²) in [5, 5.41) is 25.6. The van der Waals surface area contributed by atoms with Gasteiger partial charge in [-0.05, 0) is 37.1 Å². The highest BCUT2D eigenvalue weighted by molar-refractivity contribution is 7.92. The molecule has 2 unspecified atom stereocenters. The lowest BCUT2D eigenvalue weighted by atomic mass is 9.99. The smallest absolute Gasteiger partial charge is 0.395 e. The molecular weight excluding hydrogens is 588 g/mol. The Hall–Kier alpha value is -3.84. The summed E-state index contributed by atoms with van der Waals surface area (Å²) < 4.78 is 63.0. The number of sulfone groups is 1. The van der Waals surface area contributed by atoms with Crippen molar-refractivity contribution in [3.63, 3.8) is 0 Å². The number of hydrogen-bond donors (Lipinski definition) is 4. The normalized spacial score (nSPS) is 15.8. The van der Waals surface area contributed by atoms with E-state index in [0.717, 1.165) is 28.8 Å². The Morgan fingerprint density at radius 2 is 1.79 bits per heavy atom. The van der Waals surface area contributed by atoms with Crippen LogP contribution in [0, 0.1) is 17.2 Å². The molecule has 0 saturated heterocycles. The molecule has 0 aliphatic carbocycles. The van der Waals surface area contributed by atoms with Crippen LogP contribution in [0.15, 0.2) is 53.4 Å². The third-order valence-electron chi connectivity index (χ3n) is 6.53. The minimum Gasteiger partial charge on any atom is -0.395 e. The maximum absolute atomic E-state index is 13.6. The van der Waals surface area contributed by atoms with Crippen molar-refractivity contribution in [2.75, 3.05) is 20.1 Å². The molecule has 15 heteroatoms. The molecule has 0 radical (unpaired) electrons. The SMILES string of the molecule is CNCC(=O)NN(C(=O)CCC#N)C(Cc1ccccc1)[C@H](O)CNC(C(C)C)S(=O)(=O)c1ccc2c(c1)OC(F)(F)O2. The van der Waals surface area contributed by atoms with Gasteiger partial charge in [-0.25, -0.2) is 13.4 Å². The van der Waals surface area contributed by atoms with E-state index in [0.29, 0.717) is 0 Å². The topological polar surface area (TPSA) is 170 Å². The van der Waals surface area contributed by atoms with Gasteiger partial charge in [-0.3, -0.25) is 20.3 Å². The van der Waals surface area contributed by atoms with Crippen LogP contribution in [0.4, 0.5) is 8.78 Å². The van der Waals surface area contributed by atoms with Gasteiger partial charge in [0.2, 0.25) is 5.91 Å². The first kappa shape index (κ1) is 33.7. The molecule has 1 aliphatic rings. The lowest BCUT2D eigenvalue weighted by Gasteiger charge is -2.36. The number of carbonyl (C=O) groups excluding carboxylic acids is 2. The third kappa shape index (κ3) is 8.83. The van der Waals surface area contributed by atoms with Crippen LogP contribution in [0.1, 0.15) is 32.3 Å². The first-order chi connectivity index (χ1) is 20.3. The van der Waals surface area contributed by atoms with E-state index in [4.69, 9.17) is 5.26 Å². The second kappa shape index (κ2) is 14.6. The summed E-state index contributed by atoms with van der Waals surface area (Å²) in [5.41, 5.74) is 3.22. The fraction of sp³-hybridized carbons (Fsp3) is 0.464. The van der Waals surface area contributed by atoms with Crippen LogP contribution >= 0.6 is 0 Å². The number of carbonyl (C=O) groups is 2. The van der Waals surface area contributed by atoms with E-state index >= 15 is 0 Å². The molecule has 1 heterocycles. The number of fused-ring (bicyclic) bond motifs is 1. The number of likely N-dealkylation sites (N-methyl/N-ethyl adjacent to an activating group) is 1. The number of aliphatic hydroxyl groups excluding tert-OH is 1. The van der Waals surface area contributed by atoms with Crippen LogP contribution < -0.4 is 25.5 Å². The zero-order valence-electron chi connectivity index (χ0n) is 23.9. The van der Waals surface area contributed by atoms with E-state index in [1.807, 2.05) is 6.07 Å². The number of ether oxygens (including phenoxy) is 2. The third-order valence-corrected chi connectivity index (χ3v) is 8.83. The van der Waals surface area contributed by atoms with Gasteiger partial charge in [0.25, 0.3) is 5.91 Å². The largest absolute Gasteiger partial charge is 0.586 e. The average molecular weight is 624 g/mol. The van der Waals surface area contributed by atoms with E-state index in [9.17, 15) is 31.9 Å². The molecule has 12 nitrogen and oxygen atoms in total. The standard InChI is InChI=1S/C28H35F2N5O7S/c1-18(2)27(43(39,40)20-11-12-23-24(15-20)42-28(29,30)41-23)33-16-22(36)21(14-19-8-5-4-6-9-19)35(26(38)10-7-13-31)34-25(37)17-32-3/h4-6,8-9,11-12,15,18,21-22,27,32-33,36H,7,10,14,16-17H2,1-3H3,(H,34,37)/t21?,22-,27?/m1/s1. The van der Waals surface area contributed by atoms with Crippen LogP contribution in [0.3, 0.4) is 0 Å². The summed E-state index contributed by atoms with van der Waals surface area (Å²) in [6.45, 7) is 2.77. The molecule has 0 bridgehead atoms. The number of amides is 2. The molecule has 0 aromatic heterocycles. The van der Waals surface area contributed by atoms with Crippen LogP contribution in [0.2, 0.25) is 0 Å². The van der Waals surface area contributed by atoms with Crippen molar-refractivity contribution in [1.29, 1.82) is 5.26 Å². The minimum absolute atomic E-state index is 0.0806. The second-order valence-electron chi connectivity index (χ2n) is 10.2. The zero-order chi connectivity index (χ0) is 31.8. The quantitative estimate of drug-likeness (QED) is 0.227. The van der Waals surface area contributed by atoms with E-state index in [-0.39, 0.29) is 43.0 Å². The van der Waals surface area contributed by atoms with Crippen LogP contribution in [-0.4, -0.2) is 74.3 Å². The molecule has 3 rings (SSSR count). The highest BCUT2D eigenvalue weighted by Crippen LogP contribution is 2.42. The molecule has 2 aromatic carbocycles. The van der Waals surface area contributed by atoms with Gasteiger partial charge < -0.3 is 19.9 Å². The summed E-state index contributed by atoms with van der Waals surface area (Å²) in [7, 11) is -2.67. The van der Waals surface area contributed by atoms with Crippen LogP contribution in [0.5, 0.6) is 11.5 Å². The number of nitrogens with one attached hydrogen (secondary N) is 3. The van der Waals surface area contributed by atoms with Gasteiger partial charge in [0.15, 0.2) is 21.3 Å². The molecule has 234 valence electrons. The zero-order valence-corrected chi connectivity index (χ0v) is 24.7. The van der Waals surface area contributed by atoms with E-state index in [1.165, 1.54) is 0 Å². The highest BCUT2D eigenvalue weighted by atomic mass is 32.2. The lowest BCUT2D eigenvalue weighted by molar-refractivity contribution is -0.286. The van der Waals surface area contributed by atoms with Crippen molar-refractivity contribution in [2.24, 2.45) is 5.92 Å². The van der Waals surface area contributed by atoms with Crippen molar-refractivity contribution >= 4 is 21.7 Å². The Morgan fingerprint density at radius 1 is 1.12 bits per heavy atom. The molecule has 1 aliphatic heterocycles. The Morgan fingerprint density at radius 3 is 2.42 bits per heavy atom. The molecule has 43 heavy (non-hydrogen) atoms. The summed E-state index contributed by atoms with van der Waals surface area (Å²) in [4.78, 5) is 25.3. The van der Waals surface area contributed by atoms with Gasteiger partial charge in [-0.1, -0.05) is 44.2 Å². The average Bonchev–Trinajstić information content (AvgIpc) is 3.27. The summed E-state index contributed by atoms with van der Waals surface area (Å²) in [6, 6.07) is 12.8. The van der Waals surface area contributed by atoms with Crippen molar-refractivity contribution in [3.8, 4) is 17.6 Å².